The van der Waals surface area contributed by atoms with Gasteiger partial charge in [0, 0.05) is 56.5 Å². The Balaban J connectivity index is 1.08. The number of hydrogen-bond acceptors (Lipinski definition) is 3. The number of fused-ring (bicyclic) bond motifs is 3. The Labute approximate surface area is 284 Å². The molecule has 0 fully saturated rings. The lowest BCUT2D eigenvalue weighted by molar-refractivity contribution is 0.671. The van der Waals surface area contributed by atoms with Crippen molar-refractivity contribution in [1.29, 1.82) is 0 Å². The Morgan fingerprint density at radius 3 is 1.14 bits per heavy atom. The van der Waals surface area contributed by atoms with Gasteiger partial charge in [-0.05, 0) is 46.5 Å². The van der Waals surface area contributed by atoms with E-state index in [-0.39, 0.29) is 0 Å². The van der Waals surface area contributed by atoms with Crippen LogP contribution in [0.5, 0.6) is 0 Å². The van der Waals surface area contributed by atoms with E-state index in [1.807, 2.05) is 48.8 Å². The number of pyridine rings is 2. The third kappa shape index (κ3) is 5.38. The number of benzene rings is 6. The van der Waals surface area contributed by atoms with Crippen molar-refractivity contribution in [3.63, 3.8) is 0 Å². The fraction of sp³-hybridized carbons (Fsp3) is 0. The third-order valence-electron chi connectivity index (χ3n) is 9.20. The minimum atomic E-state index is 0.886. The summed E-state index contributed by atoms with van der Waals surface area (Å²) in [7, 11) is 0. The number of nitrogens with zero attached hydrogens (tertiary/aromatic N) is 2. The monoisotopic (exact) mass is 626 g/mol. The van der Waals surface area contributed by atoms with Crippen molar-refractivity contribution in [3.8, 4) is 67.0 Å². The van der Waals surface area contributed by atoms with Gasteiger partial charge in [-0.2, -0.15) is 0 Å². The van der Waals surface area contributed by atoms with E-state index in [0.717, 1.165) is 89.0 Å². The largest absolute Gasteiger partial charge is 0.455 e. The second-order valence-electron chi connectivity index (χ2n) is 12.2. The van der Waals surface area contributed by atoms with E-state index in [9.17, 15) is 0 Å². The predicted molar refractivity (Wildman–Crippen MR) is 202 cm³/mol. The summed E-state index contributed by atoms with van der Waals surface area (Å²) in [6, 6.07) is 59.1. The lowest BCUT2D eigenvalue weighted by atomic mass is 9.97. The lowest BCUT2D eigenvalue weighted by Crippen LogP contribution is -1.86. The molecule has 0 spiro atoms. The van der Waals surface area contributed by atoms with Crippen molar-refractivity contribution in [2.24, 2.45) is 0 Å². The van der Waals surface area contributed by atoms with E-state index in [1.54, 1.807) is 0 Å². The highest BCUT2D eigenvalue weighted by molar-refractivity contribution is 6.13. The van der Waals surface area contributed by atoms with E-state index in [4.69, 9.17) is 14.4 Å². The highest BCUT2D eigenvalue weighted by Crippen LogP contribution is 2.41. The second-order valence-corrected chi connectivity index (χ2v) is 12.2. The van der Waals surface area contributed by atoms with Crippen LogP contribution in [-0.4, -0.2) is 9.97 Å². The summed E-state index contributed by atoms with van der Waals surface area (Å²) in [5.74, 6) is 0. The van der Waals surface area contributed by atoms with Gasteiger partial charge in [0.2, 0.25) is 0 Å². The SMILES string of the molecule is c1ccc(-c2ccc(-c3cccc(-c4cccc5c4oc4c(-c6cccc(-c7ccc(-c8ccccc8)nc7)c6)cccc45)c3)cn2)cc1. The predicted octanol–water partition coefficient (Wildman–Crippen LogP) is 12.4. The van der Waals surface area contributed by atoms with Crippen LogP contribution in [0.25, 0.3) is 89.0 Å². The molecule has 49 heavy (non-hydrogen) atoms. The molecule has 0 atom stereocenters. The Hall–Kier alpha value is -6.58. The zero-order chi connectivity index (χ0) is 32.6. The average molecular weight is 627 g/mol. The first-order valence-corrected chi connectivity index (χ1v) is 16.5. The number of rotatable bonds is 6. The molecule has 3 aromatic heterocycles. The molecular weight excluding hydrogens is 597 g/mol. The van der Waals surface area contributed by atoms with Crippen molar-refractivity contribution >= 4 is 21.9 Å². The highest BCUT2D eigenvalue weighted by atomic mass is 16.3. The zero-order valence-corrected chi connectivity index (χ0v) is 26.6. The van der Waals surface area contributed by atoms with Crippen molar-refractivity contribution in [2.75, 3.05) is 0 Å². The highest BCUT2D eigenvalue weighted by Gasteiger charge is 2.16. The Morgan fingerprint density at radius 2 is 0.714 bits per heavy atom. The first-order chi connectivity index (χ1) is 24.3. The number of furan rings is 1. The van der Waals surface area contributed by atoms with Gasteiger partial charge in [-0.1, -0.05) is 146 Å². The minimum Gasteiger partial charge on any atom is -0.455 e. The maximum Gasteiger partial charge on any atom is 0.143 e. The smallest absolute Gasteiger partial charge is 0.143 e. The quantitative estimate of drug-likeness (QED) is 0.184. The van der Waals surface area contributed by atoms with E-state index < -0.39 is 0 Å². The van der Waals surface area contributed by atoms with E-state index in [1.165, 1.54) is 0 Å². The summed E-state index contributed by atoms with van der Waals surface area (Å²) in [4.78, 5) is 9.53. The summed E-state index contributed by atoms with van der Waals surface area (Å²) in [5.41, 5.74) is 14.6. The molecule has 0 bridgehead atoms. The molecule has 3 heterocycles. The summed E-state index contributed by atoms with van der Waals surface area (Å²) < 4.78 is 6.82. The van der Waals surface area contributed by atoms with Crippen molar-refractivity contribution in [3.05, 3.63) is 182 Å². The van der Waals surface area contributed by atoms with Crippen LogP contribution in [-0.2, 0) is 0 Å². The number of aromatic nitrogens is 2. The number of hydrogen-bond donors (Lipinski definition) is 0. The molecule has 9 aromatic rings. The molecule has 0 aliphatic carbocycles. The lowest BCUT2D eigenvalue weighted by Gasteiger charge is -2.08. The van der Waals surface area contributed by atoms with Crippen LogP contribution < -0.4 is 0 Å². The molecule has 0 amide bonds. The normalized spacial score (nSPS) is 11.3. The zero-order valence-electron chi connectivity index (χ0n) is 26.6. The molecule has 0 unspecified atom stereocenters. The van der Waals surface area contributed by atoms with Crippen LogP contribution in [0, 0.1) is 0 Å². The Kier molecular flexibility index (Phi) is 7.14. The van der Waals surface area contributed by atoms with Crippen molar-refractivity contribution in [1.82, 2.24) is 9.97 Å². The third-order valence-corrected chi connectivity index (χ3v) is 9.20. The first kappa shape index (κ1) is 28.6. The molecule has 9 rings (SSSR count). The standard InChI is InChI=1S/C46H30N2O/c1-3-11-31(12-4-1)43-25-23-37(29-47-43)33-15-7-17-35(27-33)39-19-9-21-41-42-22-10-20-40(46(42)49-45(39)41)36-18-8-16-34(28-36)38-24-26-44(48-30-38)32-13-5-2-6-14-32/h1-30H. The minimum absolute atomic E-state index is 0.886. The van der Waals surface area contributed by atoms with Gasteiger partial charge in [0.05, 0.1) is 11.4 Å². The molecule has 0 N–H and O–H groups in total. The van der Waals surface area contributed by atoms with Gasteiger partial charge in [-0.25, -0.2) is 0 Å². The van der Waals surface area contributed by atoms with Gasteiger partial charge in [-0.3, -0.25) is 9.97 Å². The van der Waals surface area contributed by atoms with Crippen LogP contribution >= 0.6 is 0 Å². The molecule has 230 valence electrons. The molecule has 0 radical (unpaired) electrons. The molecule has 0 aliphatic rings. The van der Waals surface area contributed by atoms with E-state index in [0.29, 0.717) is 0 Å². The maximum atomic E-state index is 6.82. The topological polar surface area (TPSA) is 38.9 Å². The van der Waals surface area contributed by atoms with Gasteiger partial charge >= 0.3 is 0 Å². The van der Waals surface area contributed by atoms with E-state index >= 15 is 0 Å². The summed E-state index contributed by atoms with van der Waals surface area (Å²) in [6.07, 6.45) is 3.91. The van der Waals surface area contributed by atoms with Crippen molar-refractivity contribution < 1.29 is 4.42 Å². The molecule has 0 saturated carbocycles. The molecule has 0 aliphatic heterocycles. The molecular formula is C46H30N2O. The summed E-state index contributed by atoms with van der Waals surface area (Å²) in [6.45, 7) is 0. The van der Waals surface area contributed by atoms with Gasteiger partial charge in [-0.15, -0.1) is 0 Å². The van der Waals surface area contributed by atoms with Gasteiger partial charge in [0.1, 0.15) is 11.2 Å². The first-order valence-electron chi connectivity index (χ1n) is 16.5. The van der Waals surface area contributed by atoms with Crippen LogP contribution in [0.1, 0.15) is 0 Å². The van der Waals surface area contributed by atoms with Crippen LogP contribution in [0.4, 0.5) is 0 Å². The van der Waals surface area contributed by atoms with E-state index in [2.05, 4.69) is 133 Å². The Morgan fingerprint density at radius 1 is 0.306 bits per heavy atom. The fourth-order valence-corrected chi connectivity index (χ4v) is 6.70. The summed E-state index contributed by atoms with van der Waals surface area (Å²) >= 11 is 0. The molecule has 3 heteroatoms. The van der Waals surface area contributed by atoms with Crippen molar-refractivity contribution in [2.45, 2.75) is 0 Å². The molecule has 6 aromatic carbocycles. The van der Waals surface area contributed by atoms with Crippen LogP contribution in [0.3, 0.4) is 0 Å². The average Bonchev–Trinajstić information content (AvgIpc) is 3.58. The molecule has 3 nitrogen and oxygen atoms in total. The molecule has 0 saturated heterocycles. The second kappa shape index (κ2) is 12.2. The fourth-order valence-electron chi connectivity index (χ4n) is 6.70. The Bertz CT molecular complexity index is 2390. The van der Waals surface area contributed by atoms with Crippen LogP contribution in [0.15, 0.2) is 187 Å². The van der Waals surface area contributed by atoms with Gasteiger partial charge in [0.25, 0.3) is 0 Å². The maximum absolute atomic E-state index is 6.82. The van der Waals surface area contributed by atoms with Crippen LogP contribution in [0.2, 0.25) is 0 Å². The summed E-state index contributed by atoms with van der Waals surface area (Å²) in [5, 5.41) is 2.20. The van der Waals surface area contributed by atoms with Gasteiger partial charge in [0.15, 0.2) is 0 Å². The number of para-hydroxylation sites is 2. The van der Waals surface area contributed by atoms with Gasteiger partial charge < -0.3 is 4.42 Å².